The van der Waals surface area contributed by atoms with Crippen LogP contribution in [0.4, 0.5) is 5.69 Å². The maximum atomic E-state index is 12.9. The number of benzene rings is 2. The van der Waals surface area contributed by atoms with Crippen LogP contribution in [0.2, 0.25) is 0 Å². The van der Waals surface area contributed by atoms with Crippen LogP contribution in [0.5, 0.6) is 0 Å². The molecule has 1 heterocycles. The Morgan fingerprint density at radius 2 is 1.61 bits per heavy atom. The lowest BCUT2D eigenvalue weighted by Gasteiger charge is -2.34. The Morgan fingerprint density at radius 3 is 2.19 bits per heavy atom. The molecule has 0 bridgehead atoms. The van der Waals surface area contributed by atoms with Crippen molar-refractivity contribution >= 4 is 17.5 Å². The van der Waals surface area contributed by atoms with Crippen molar-refractivity contribution in [3.8, 4) is 0 Å². The van der Waals surface area contributed by atoms with Crippen molar-refractivity contribution in [2.24, 2.45) is 0 Å². The average molecular weight is 423 g/mol. The highest BCUT2D eigenvalue weighted by Gasteiger charge is 2.23. The maximum absolute atomic E-state index is 12.9. The van der Waals surface area contributed by atoms with Crippen LogP contribution in [0.25, 0.3) is 0 Å². The number of piperazine rings is 1. The highest BCUT2D eigenvalue weighted by molar-refractivity contribution is 5.94. The highest BCUT2D eigenvalue weighted by Crippen LogP contribution is 2.13. The Morgan fingerprint density at radius 1 is 0.968 bits per heavy atom. The molecule has 0 spiro atoms. The second-order valence-corrected chi connectivity index (χ2v) is 8.34. The Bertz CT molecular complexity index is 844. The van der Waals surface area contributed by atoms with E-state index in [9.17, 15) is 9.59 Å². The van der Waals surface area contributed by atoms with Crippen molar-refractivity contribution in [1.29, 1.82) is 0 Å². The van der Waals surface area contributed by atoms with Crippen LogP contribution in [0, 0.1) is 0 Å². The summed E-state index contributed by atoms with van der Waals surface area (Å²) in [5, 5.41) is 2.91. The van der Waals surface area contributed by atoms with Crippen molar-refractivity contribution in [1.82, 2.24) is 14.7 Å². The number of hydrogen-bond donors (Lipinski definition) is 1. The zero-order valence-electron chi connectivity index (χ0n) is 18.9. The molecular weight excluding hydrogens is 388 g/mol. The first-order valence-corrected chi connectivity index (χ1v) is 11.2. The molecule has 6 nitrogen and oxygen atoms in total. The van der Waals surface area contributed by atoms with Gasteiger partial charge in [0, 0.05) is 50.0 Å². The van der Waals surface area contributed by atoms with Gasteiger partial charge in [0.15, 0.2) is 0 Å². The molecule has 1 saturated heterocycles. The van der Waals surface area contributed by atoms with E-state index >= 15 is 0 Å². The summed E-state index contributed by atoms with van der Waals surface area (Å²) in [6.07, 6.45) is 0. The van der Waals surface area contributed by atoms with Crippen LogP contribution in [0.3, 0.4) is 0 Å². The fourth-order valence-corrected chi connectivity index (χ4v) is 3.86. The predicted molar refractivity (Wildman–Crippen MR) is 125 cm³/mol. The summed E-state index contributed by atoms with van der Waals surface area (Å²) in [5.41, 5.74) is 2.76. The molecule has 1 fully saturated rings. The lowest BCUT2D eigenvalue weighted by molar-refractivity contribution is -0.117. The van der Waals surface area contributed by atoms with Gasteiger partial charge < -0.3 is 10.2 Å². The molecule has 0 unspecified atom stereocenters. The number of nitrogens with zero attached hydrogens (tertiary/aromatic N) is 3. The lowest BCUT2D eigenvalue weighted by atomic mass is 10.1. The average Bonchev–Trinajstić information content (AvgIpc) is 2.78. The first-order chi connectivity index (χ1) is 15.0. The second kappa shape index (κ2) is 11.1. The van der Waals surface area contributed by atoms with Crippen molar-refractivity contribution in [2.45, 2.75) is 33.4 Å². The summed E-state index contributed by atoms with van der Waals surface area (Å²) in [4.78, 5) is 31.5. The van der Waals surface area contributed by atoms with Crippen LogP contribution < -0.4 is 5.32 Å². The predicted octanol–water partition coefficient (Wildman–Crippen LogP) is 3.31. The standard InChI is InChI=1S/C25H34N4O2/c1-4-28(20(2)3)18-21-10-12-22(13-11-21)25(31)29-16-14-27(15-17-29)19-24(30)26-23-8-6-5-7-9-23/h5-13,20H,4,14-19H2,1-3H3,(H,26,30). The van der Waals surface area contributed by atoms with E-state index in [1.54, 1.807) is 0 Å². The molecule has 3 rings (SSSR count). The minimum atomic E-state index is -0.0240. The molecule has 1 N–H and O–H groups in total. The number of amides is 2. The van der Waals surface area contributed by atoms with E-state index in [4.69, 9.17) is 0 Å². The minimum Gasteiger partial charge on any atom is -0.336 e. The van der Waals surface area contributed by atoms with Crippen LogP contribution >= 0.6 is 0 Å². The molecular formula is C25H34N4O2. The third kappa shape index (κ3) is 6.64. The summed E-state index contributed by atoms with van der Waals surface area (Å²) in [6, 6.07) is 18.0. The summed E-state index contributed by atoms with van der Waals surface area (Å²) in [6.45, 7) is 11.5. The number of rotatable bonds is 8. The zero-order chi connectivity index (χ0) is 22.2. The Balaban J connectivity index is 1.47. The summed E-state index contributed by atoms with van der Waals surface area (Å²) in [7, 11) is 0. The fraction of sp³-hybridized carbons (Fsp3) is 0.440. The van der Waals surface area contributed by atoms with Crippen molar-refractivity contribution in [3.05, 3.63) is 65.7 Å². The molecule has 2 amide bonds. The monoisotopic (exact) mass is 422 g/mol. The first-order valence-electron chi connectivity index (χ1n) is 11.2. The third-order valence-electron chi connectivity index (χ3n) is 5.81. The molecule has 1 aliphatic heterocycles. The molecule has 31 heavy (non-hydrogen) atoms. The van der Waals surface area contributed by atoms with Crippen LogP contribution in [0.15, 0.2) is 54.6 Å². The minimum absolute atomic E-state index is 0.0240. The molecule has 0 saturated carbocycles. The zero-order valence-corrected chi connectivity index (χ0v) is 18.9. The van der Waals surface area contributed by atoms with Gasteiger partial charge in [0.25, 0.3) is 5.91 Å². The van der Waals surface area contributed by atoms with E-state index in [0.717, 1.165) is 24.3 Å². The second-order valence-electron chi connectivity index (χ2n) is 8.34. The van der Waals surface area contributed by atoms with Gasteiger partial charge in [0.05, 0.1) is 6.54 Å². The first kappa shape index (κ1) is 23.0. The number of anilines is 1. The number of carbonyl (C=O) groups excluding carboxylic acids is 2. The van der Waals surface area contributed by atoms with Gasteiger partial charge >= 0.3 is 0 Å². The van der Waals surface area contributed by atoms with Crippen LogP contribution in [-0.2, 0) is 11.3 Å². The molecule has 0 aromatic heterocycles. The van der Waals surface area contributed by atoms with E-state index in [1.165, 1.54) is 5.56 Å². The van der Waals surface area contributed by atoms with Crippen molar-refractivity contribution in [3.63, 3.8) is 0 Å². The van der Waals surface area contributed by atoms with Gasteiger partial charge in [-0.2, -0.15) is 0 Å². The number of nitrogens with one attached hydrogen (secondary N) is 1. The quantitative estimate of drug-likeness (QED) is 0.709. The largest absolute Gasteiger partial charge is 0.336 e. The molecule has 0 radical (unpaired) electrons. The van der Waals surface area contributed by atoms with Gasteiger partial charge in [0.1, 0.15) is 0 Å². The van der Waals surface area contributed by atoms with Crippen molar-refractivity contribution < 1.29 is 9.59 Å². The smallest absolute Gasteiger partial charge is 0.253 e. The maximum Gasteiger partial charge on any atom is 0.253 e. The number of carbonyl (C=O) groups is 2. The Kier molecular flexibility index (Phi) is 8.20. The van der Waals surface area contributed by atoms with E-state index in [2.05, 4.69) is 48.0 Å². The van der Waals surface area contributed by atoms with Gasteiger partial charge in [-0.15, -0.1) is 0 Å². The summed E-state index contributed by atoms with van der Waals surface area (Å²) < 4.78 is 0. The van der Waals surface area contributed by atoms with Gasteiger partial charge in [-0.3, -0.25) is 19.4 Å². The highest BCUT2D eigenvalue weighted by atomic mass is 16.2. The molecule has 1 aliphatic rings. The van der Waals surface area contributed by atoms with E-state index in [-0.39, 0.29) is 11.8 Å². The van der Waals surface area contributed by atoms with Gasteiger partial charge in [-0.1, -0.05) is 37.3 Å². The third-order valence-corrected chi connectivity index (χ3v) is 5.81. The number of hydrogen-bond acceptors (Lipinski definition) is 4. The summed E-state index contributed by atoms with van der Waals surface area (Å²) >= 11 is 0. The van der Waals surface area contributed by atoms with E-state index in [0.29, 0.717) is 38.8 Å². The fourth-order valence-electron chi connectivity index (χ4n) is 3.86. The van der Waals surface area contributed by atoms with Crippen LogP contribution in [0.1, 0.15) is 36.7 Å². The SMILES string of the molecule is CCN(Cc1ccc(C(=O)N2CCN(CC(=O)Nc3ccccc3)CC2)cc1)C(C)C. The molecule has 6 heteroatoms. The Hall–Kier alpha value is -2.70. The number of para-hydroxylation sites is 1. The molecule has 0 atom stereocenters. The Labute approximate surface area is 185 Å². The molecule has 2 aromatic rings. The van der Waals surface area contributed by atoms with Crippen molar-refractivity contribution in [2.75, 3.05) is 44.6 Å². The normalized spacial score (nSPS) is 14.8. The lowest BCUT2D eigenvalue weighted by Crippen LogP contribution is -2.50. The topological polar surface area (TPSA) is 55.9 Å². The molecule has 166 valence electrons. The van der Waals surface area contributed by atoms with Gasteiger partial charge in [-0.05, 0) is 50.2 Å². The van der Waals surface area contributed by atoms with Gasteiger partial charge in [-0.25, -0.2) is 0 Å². The van der Waals surface area contributed by atoms with Crippen LogP contribution in [-0.4, -0.2) is 71.8 Å². The molecule has 0 aliphatic carbocycles. The van der Waals surface area contributed by atoms with E-state index < -0.39 is 0 Å². The van der Waals surface area contributed by atoms with E-state index in [1.807, 2.05) is 47.4 Å². The molecule has 2 aromatic carbocycles. The summed E-state index contributed by atoms with van der Waals surface area (Å²) in [5.74, 6) is 0.0419. The van der Waals surface area contributed by atoms with Gasteiger partial charge in [0.2, 0.25) is 5.91 Å².